The highest BCUT2D eigenvalue weighted by Crippen LogP contribution is 2.30. The van der Waals surface area contributed by atoms with E-state index < -0.39 is 0 Å². The molecular formula is C10H12N2O3. The molecule has 2 rings (SSSR count). The molecule has 0 amide bonds. The van der Waals surface area contributed by atoms with Crippen LogP contribution < -0.4 is 10.5 Å². The van der Waals surface area contributed by atoms with Crippen LogP contribution >= 0.6 is 0 Å². The molecule has 3 N–H and O–H groups in total. The highest BCUT2D eigenvalue weighted by molar-refractivity contribution is 6.00. The molecule has 0 bridgehead atoms. The number of nitrogens with zero attached hydrogens (tertiary/aromatic N) is 1. The summed E-state index contributed by atoms with van der Waals surface area (Å²) in [4.78, 5) is 0. The topological polar surface area (TPSA) is 77.1 Å². The van der Waals surface area contributed by atoms with E-state index in [9.17, 15) is 0 Å². The Balaban J connectivity index is 2.58. The van der Waals surface area contributed by atoms with E-state index in [-0.39, 0.29) is 12.6 Å². The summed E-state index contributed by atoms with van der Waals surface area (Å²) in [5, 5.41) is 11.6. The van der Waals surface area contributed by atoms with Crippen LogP contribution in [0.1, 0.15) is 16.7 Å². The first-order valence-corrected chi connectivity index (χ1v) is 4.55. The van der Waals surface area contributed by atoms with Gasteiger partial charge in [-0.1, -0.05) is 11.2 Å². The molecule has 0 atom stereocenters. The van der Waals surface area contributed by atoms with Gasteiger partial charge in [0.25, 0.3) is 0 Å². The summed E-state index contributed by atoms with van der Waals surface area (Å²) in [6.45, 7) is 2.66. The van der Waals surface area contributed by atoms with E-state index in [0.29, 0.717) is 17.9 Å². The number of rotatable bonds is 1. The average molecular weight is 208 g/mol. The lowest BCUT2D eigenvalue weighted by Crippen LogP contribution is -2.20. The third kappa shape index (κ3) is 1.61. The van der Waals surface area contributed by atoms with Crippen molar-refractivity contribution >= 4 is 5.84 Å². The van der Waals surface area contributed by atoms with Crippen LogP contribution in [0.2, 0.25) is 0 Å². The molecule has 0 fully saturated rings. The zero-order valence-electron chi connectivity index (χ0n) is 8.36. The number of hydrogen-bond acceptors (Lipinski definition) is 4. The third-order valence-electron chi connectivity index (χ3n) is 2.41. The summed E-state index contributed by atoms with van der Waals surface area (Å²) in [5.41, 5.74) is 8.16. The van der Waals surface area contributed by atoms with Crippen molar-refractivity contribution in [2.75, 3.05) is 6.79 Å². The van der Waals surface area contributed by atoms with Crippen LogP contribution in [0.25, 0.3) is 0 Å². The number of fused-ring (bicyclic) bond motifs is 1. The third-order valence-corrected chi connectivity index (χ3v) is 2.41. The molecule has 5 nitrogen and oxygen atoms in total. The van der Waals surface area contributed by atoms with Crippen LogP contribution in [0, 0.1) is 6.92 Å². The first-order valence-electron chi connectivity index (χ1n) is 4.55. The fourth-order valence-electron chi connectivity index (χ4n) is 1.57. The van der Waals surface area contributed by atoms with Crippen molar-refractivity contribution in [3.63, 3.8) is 0 Å². The number of ether oxygens (including phenoxy) is 2. The molecule has 0 saturated heterocycles. The maximum absolute atomic E-state index is 8.64. The number of benzene rings is 1. The molecule has 1 aromatic rings. The van der Waals surface area contributed by atoms with Crippen molar-refractivity contribution in [1.29, 1.82) is 0 Å². The molecule has 0 spiro atoms. The van der Waals surface area contributed by atoms with Crippen molar-refractivity contribution in [2.45, 2.75) is 13.5 Å². The maximum Gasteiger partial charge on any atom is 0.189 e. The van der Waals surface area contributed by atoms with Gasteiger partial charge >= 0.3 is 0 Å². The number of nitrogens with two attached hydrogens (primary N) is 1. The van der Waals surface area contributed by atoms with Crippen LogP contribution in [0.5, 0.6) is 5.75 Å². The zero-order chi connectivity index (χ0) is 10.8. The van der Waals surface area contributed by atoms with E-state index >= 15 is 0 Å². The van der Waals surface area contributed by atoms with Crippen molar-refractivity contribution < 1.29 is 14.7 Å². The molecule has 1 aliphatic rings. The van der Waals surface area contributed by atoms with Crippen LogP contribution in [0.4, 0.5) is 0 Å². The van der Waals surface area contributed by atoms with Crippen molar-refractivity contribution in [3.05, 3.63) is 28.8 Å². The number of aryl methyl sites for hydroxylation is 1. The van der Waals surface area contributed by atoms with Gasteiger partial charge < -0.3 is 20.4 Å². The highest BCUT2D eigenvalue weighted by atomic mass is 16.7. The predicted molar refractivity (Wildman–Crippen MR) is 54.0 cm³/mol. The van der Waals surface area contributed by atoms with Gasteiger partial charge in [-0.05, 0) is 18.6 Å². The summed E-state index contributed by atoms with van der Waals surface area (Å²) in [5.74, 6) is 0.699. The van der Waals surface area contributed by atoms with Gasteiger partial charge in [-0.25, -0.2) is 0 Å². The number of oxime groups is 1. The largest absolute Gasteiger partial charge is 0.466 e. The molecular weight excluding hydrogens is 196 g/mol. The standard InChI is InChI=1S/C10H12N2O3/c1-6-2-3-7(10(11)12-13)9-8(6)4-14-5-15-9/h2-3,13H,4-5H2,1H3,(H2,11,12). The minimum atomic E-state index is 0.0492. The Bertz CT molecular complexity index is 415. The van der Waals surface area contributed by atoms with Gasteiger partial charge in [0.1, 0.15) is 5.75 Å². The molecule has 0 unspecified atom stereocenters. The van der Waals surface area contributed by atoms with E-state index in [4.69, 9.17) is 20.4 Å². The van der Waals surface area contributed by atoms with Gasteiger partial charge in [-0.15, -0.1) is 0 Å². The van der Waals surface area contributed by atoms with E-state index in [1.165, 1.54) is 0 Å². The van der Waals surface area contributed by atoms with Gasteiger partial charge in [-0.2, -0.15) is 0 Å². The van der Waals surface area contributed by atoms with Crippen molar-refractivity contribution in [2.24, 2.45) is 10.9 Å². The van der Waals surface area contributed by atoms with Crippen LogP contribution in [-0.4, -0.2) is 17.8 Å². The molecule has 0 aromatic heterocycles. The summed E-state index contributed by atoms with van der Waals surface area (Å²) >= 11 is 0. The summed E-state index contributed by atoms with van der Waals surface area (Å²) in [6.07, 6.45) is 0. The Morgan fingerprint density at radius 2 is 2.33 bits per heavy atom. The Morgan fingerprint density at radius 1 is 1.53 bits per heavy atom. The van der Waals surface area contributed by atoms with E-state index in [0.717, 1.165) is 11.1 Å². The quantitative estimate of drug-likeness (QED) is 0.312. The molecule has 5 heteroatoms. The molecule has 1 aromatic carbocycles. The fourth-order valence-corrected chi connectivity index (χ4v) is 1.57. The fraction of sp³-hybridized carbons (Fsp3) is 0.300. The first kappa shape index (κ1) is 9.79. The minimum absolute atomic E-state index is 0.0492. The zero-order valence-corrected chi connectivity index (χ0v) is 8.36. The van der Waals surface area contributed by atoms with Crippen LogP contribution in [0.3, 0.4) is 0 Å². The Kier molecular flexibility index (Phi) is 2.47. The van der Waals surface area contributed by atoms with Gasteiger partial charge in [0.2, 0.25) is 0 Å². The second-order valence-corrected chi connectivity index (χ2v) is 3.33. The SMILES string of the molecule is Cc1ccc(/C(N)=N\O)c2c1COCO2. The molecule has 0 aliphatic carbocycles. The highest BCUT2D eigenvalue weighted by Gasteiger charge is 2.19. The van der Waals surface area contributed by atoms with Gasteiger partial charge in [0.15, 0.2) is 12.6 Å². The Morgan fingerprint density at radius 3 is 3.07 bits per heavy atom. The summed E-state index contributed by atoms with van der Waals surface area (Å²) in [7, 11) is 0. The molecule has 15 heavy (non-hydrogen) atoms. The minimum Gasteiger partial charge on any atom is -0.466 e. The molecule has 0 radical (unpaired) electrons. The predicted octanol–water partition coefficient (Wildman–Crippen LogP) is 0.956. The van der Waals surface area contributed by atoms with E-state index in [2.05, 4.69) is 5.16 Å². The van der Waals surface area contributed by atoms with Crippen molar-refractivity contribution in [1.82, 2.24) is 0 Å². The maximum atomic E-state index is 8.64. The molecule has 1 aliphatic heterocycles. The summed E-state index contributed by atoms with van der Waals surface area (Å²) < 4.78 is 10.5. The lowest BCUT2D eigenvalue weighted by molar-refractivity contribution is -0.0168. The lowest BCUT2D eigenvalue weighted by atomic mass is 10.0. The number of hydrogen-bond donors (Lipinski definition) is 2. The normalized spacial score (nSPS) is 15.7. The monoisotopic (exact) mass is 208 g/mol. The van der Waals surface area contributed by atoms with Crippen molar-refractivity contribution in [3.8, 4) is 5.75 Å². The molecule has 0 saturated carbocycles. The first-order chi connectivity index (χ1) is 7.24. The smallest absolute Gasteiger partial charge is 0.189 e. The Labute approximate surface area is 87.1 Å². The Hall–Kier alpha value is -1.75. The van der Waals surface area contributed by atoms with Gasteiger partial charge in [0, 0.05) is 5.56 Å². The average Bonchev–Trinajstić information content (AvgIpc) is 2.29. The second-order valence-electron chi connectivity index (χ2n) is 3.33. The van der Waals surface area contributed by atoms with Gasteiger partial charge in [0.05, 0.1) is 12.2 Å². The van der Waals surface area contributed by atoms with Gasteiger partial charge in [-0.3, -0.25) is 0 Å². The lowest BCUT2D eigenvalue weighted by Gasteiger charge is -2.21. The summed E-state index contributed by atoms with van der Waals surface area (Å²) in [6, 6.07) is 3.67. The second kappa shape index (κ2) is 3.78. The molecule has 1 heterocycles. The van der Waals surface area contributed by atoms with Crippen LogP contribution in [0.15, 0.2) is 17.3 Å². The van der Waals surface area contributed by atoms with E-state index in [1.807, 2.05) is 13.0 Å². The van der Waals surface area contributed by atoms with Crippen LogP contribution in [-0.2, 0) is 11.3 Å². The number of amidine groups is 1. The molecule has 80 valence electrons. The van der Waals surface area contributed by atoms with E-state index in [1.54, 1.807) is 6.07 Å².